The van der Waals surface area contributed by atoms with Crippen molar-refractivity contribution in [3.8, 4) is 0 Å². The summed E-state index contributed by atoms with van der Waals surface area (Å²) in [5.74, 6) is 1.09. The summed E-state index contributed by atoms with van der Waals surface area (Å²) in [5, 5.41) is 5.87. The topological polar surface area (TPSA) is 41.1 Å². The molecule has 0 heterocycles. The predicted octanol–water partition coefficient (Wildman–Crippen LogP) is 2.40. The van der Waals surface area contributed by atoms with E-state index in [-0.39, 0.29) is 11.7 Å². The van der Waals surface area contributed by atoms with Gasteiger partial charge in [0.2, 0.25) is 5.91 Å². The highest BCUT2D eigenvalue weighted by Crippen LogP contribution is 2.35. The molecule has 0 saturated heterocycles. The van der Waals surface area contributed by atoms with Gasteiger partial charge in [0.05, 0.1) is 6.54 Å². The van der Waals surface area contributed by atoms with Gasteiger partial charge in [-0.2, -0.15) is 0 Å². The summed E-state index contributed by atoms with van der Waals surface area (Å²) in [5.41, 5.74) is 0.624. The van der Waals surface area contributed by atoms with Crippen molar-refractivity contribution >= 4 is 11.6 Å². The van der Waals surface area contributed by atoms with E-state index in [0.717, 1.165) is 12.5 Å². The van der Waals surface area contributed by atoms with Crippen molar-refractivity contribution in [3.63, 3.8) is 0 Å². The second kappa shape index (κ2) is 5.96. The third-order valence-electron chi connectivity index (χ3n) is 3.31. The first kappa shape index (κ1) is 13.0. The minimum Gasteiger partial charge on any atom is -0.325 e. The fourth-order valence-electron chi connectivity index (χ4n) is 1.98. The van der Waals surface area contributed by atoms with E-state index in [0.29, 0.717) is 18.2 Å². The molecule has 1 atom stereocenters. The number of amides is 1. The van der Waals surface area contributed by atoms with Gasteiger partial charge in [-0.15, -0.1) is 0 Å². The molecule has 1 amide bonds. The van der Waals surface area contributed by atoms with Crippen LogP contribution in [-0.4, -0.2) is 19.0 Å². The highest BCUT2D eigenvalue weighted by atomic mass is 19.1. The molecule has 3 nitrogen and oxygen atoms in total. The fraction of sp³-hybridized carbons (Fsp3) is 0.500. The summed E-state index contributed by atoms with van der Waals surface area (Å²) in [6, 6.07) is 5.77. The van der Waals surface area contributed by atoms with E-state index in [9.17, 15) is 9.18 Å². The molecule has 1 aromatic rings. The molecule has 1 aliphatic rings. The maximum Gasteiger partial charge on any atom is 0.238 e. The molecular formula is C14H19FN2O. The van der Waals surface area contributed by atoms with Crippen LogP contribution in [0.25, 0.3) is 0 Å². The zero-order valence-corrected chi connectivity index (χ0v) is 10.6. The first-order chi connectivity index (χ1) is 8.65. The van der Waals surface area contributed by atoms with Crippen LogP contribution in [0.2, 0.25) is 0 Å². The lowest BCUT2D eigenvalue weighted by Gasteiger charge is -2.11. The van der Waals surface area contributed by atoms with Crippen molar-refractivity contribution in [1.82, 2.24) is 5.32 Å². The van der Waals surface area contributed by atoms with Crippen LogP contribution in [-0.2, 0) is 4.79 Å². The molecule has 1 saturated carbocycles. The Kier molecular flexibility index (Phi) is 4.31. The molecule has 0 aliphatic heterocycles. The van der Waals surface area contributed by atoms with E-state index in [1.54, 1.807) is 12.1 Å². The van der Waals surface area contributed by atoms with Crippen molar-refractivity contribution in [2.75, 3.05) is 18.4 Å². The third-order valence-corrected chi connectivity index (χ3v) is 3.31. The fourth-order valence-corrected chi connectivity index (χ4v) is 1.98. The Bertz CT molecular complexity index is 401. The summed E-state index contributed by atoms with van der Waals surface area (Å²) in [6.45, 7) is 3.39. The average Bonchev–Trinajstić information content (AvgIpc) is 3.16. The second-order valence-electron chi connectivity index (χ2n) is 5.00. The molecule has 98 valence electrons. The SMILES string of the molecule is CC(CNCC(=O)Nc1ccc(F)cc1)C1CC1. The van der Waals surface area contributed by atoms with E-state index in [2.05, 4.69) is 17.6 Å². The monoisotopic (exact) mass is 250 g/mol. The standard InChI is InChI=1S/C14H19FN2O/c1-10(11-2-3-11)8-16-9-14(18)17-13-6-4-12(15)5-7-13/h4-7,10-11,16H,2-3,8-9H2,1H3,(H,17,18). The van der Waals surface area contributed by atoms with Crippen LogP contribution in [0.4, 0.5) is 10.1 Å². The smallest absolute Gasteiger partial charge is 0.238 e. The second-order valence-corrected chi connectivity index (χ2v) is 5.00. The maximum absolute atomic E-state index is 12.7. The molecule has 18 heavy (non-hydrogen) atoms. The Balaban J connectivity index is 1.66. The summed E-state index contributed by atoms with van der Waals surface area (Å²) in [6.07, 6.45) is 2.65. The van der Waals surface area contributed by atoms with Crippen LogP contribution in [0.1, 0.15) is 19.8 Å². The lowest BCUT2D eigenvalue weighted by molar-refractivity contribution is -0.115. The highest BCUT2D eigenvalue weighted by Gasteiger charge is 2.27. The van der Waals surface area contributed by atoms with Crippen LogP contribution in [0.15, 0.2) is 24.3 Å². The summed E-state index contributed by atoms with van der Waals surface area (Å²) >= 11 is 0. The number of nitrogens with one attached hydrogen (secondary N) is 2. The van der Waals surface area contributed by atoms with Gasteiger partial charge >= 0.3 is 0 Å². The van der Waals surface area contributed by atoms with Gasteiger partial charge in [0.15, 0.2) is 0 Å². The Morgan fingerprint density at radius 1 is 1.39 bits per heavy atom. The number of hydrogen-bond donors (Lipinski definition) is 2. The van der Waals surface area contributed by atoms with Gasteiger partial charge in [0, 0.05) is 5.69 Å². The Labute approximate surface area is 107 Å². The number of anilines is 1. The molecule has 0 aromatic heterocycles. The first-order valence-electron chi connectivity index (χ1n) is 6.41. The minimum atomic E-state index is -0.301. The van der Waals surface area contributed by atoms with Crippen molar-refractivity contribution in [1.29, 1.82) is 0 Å². The molecule has 2 N–H and O–H groups in total. The lowest BCUT2D eigenvalue weighted by Crippen LogP contribution is -2.31. The predicted molar refractivity (Wildman–Crippen MR) is 69.8 cm³/mol. The molecule has 1 fully saturated rings. The number of carbonyl (C=O) groups excluding carboxylic acids is 1. The van der Waals surface area contributed by atoms with Crippen LogP contribution < -0.4 is 10.6 Å². The van der Waals surface area contributed by atoms with E-state index in [4.69, 9.17) is 0 Å². The average molecular weight is 250 g/mol. The number of carbonyl (C=O) groups is 1. The van der Waals surface area contributed by atoms with Gasteiger partial charge in [-0.05, 0) is 55.5 Å². The molecule has 2 rings (SSSR count). The quantitative estimate of drug-likeness (QED) is 0.814. The number of rotatable bonds is 6. The van der Waals surface area contributed by atoms with Crippen molar-refractivity contribution in [2.24, 2.45) is 11.8 Å². The largest absolute Gasteiger partial charge is 0.325 e. The Morgan fingerprint density at radius 2 is 2.06 bits per heavy atom. The Hall–Kier alpha value is -1.42. The zero-order chi connectivity index (χ0) is 13.0. The molecule has 1 unspecified atom stereocenters. The molecular weight excluding hydrogens is 231 g/mol. The molecule has 4 heteroatoms. The van der Waals surface area contributed by atoms with Gasteiger partial charge in [0.1, 0.15) is 5.82 Å². The molecule has 1 aromatic carbocycles. The van der Waals surface area contributed by atoms with Crippen molar-refractivity contribution in [3.05, 3.63) is 30.1 Å². The van der Waals surface area contributed by atoms with E-state index in [1.165, 1.54) is 25.0 Å². The van der Waals surface area contributed by atoms with E-state index < -0.39 is 0 Å². The molecule has 1 aliphatic carbocycles. The number of halogens is 1. The van der Waals surface area contributed by atoms with Crippen molar-refractivity contribution in [2.45, 2.75) is 19.8 Å². The van der Waals surface area contributed by atoms with Gasteiger partial charge < -0.3 is 10.6 Å². The first-order valence-corrected chi connectivity index (χ1v) is 6.41. The van der Waals surface area contributed by atoms with Gasteiger partial charge in [-0.25, -0.2) is 4.39 Å². The maximum atomic E-state index is 12.7. The van der Waals surface area contributed by atoms with Crippen molar-refractivity contribution < 1.29 is 9.18 Å². The van der Waals surface area contributed by atoms with Crippen LogP contribution in [0.3, 0.4) is 0 Å². The van der Waals surface area contributed by atoms with E-state index in [1.807, 2.05) is 0 Å². The van der Waals surface area contributed by atoms with Gasteiger partial charge in [-0.1, -0.05) is 6.92 Å². The minimum absolute atomic E-state index is 0.0930. The number of benzene rings is 1. The molecule has 0 spiro atoms. The van der Waals surface area contributed by atoms with Gasteiger partial charge in [0.25, 0.3) is 0 Å². The lowest BCUT2D eigenvalue weighted by atomic mass is 10.1. The van der Waals surface area contributed by atoms with Crippen LogP contribution >= 0.6 is 0 Å². The highest BCUT2D eigenvalue weighted by molar-refractivity contribution is 5.92. The summed E-state index contributed by atoms with van der Waals surface area (Å²) in [4.78, 5) is 11.6. The third kappa shape index (κ3) is 4.11. The Morgan fingerprint density at radius 3 is 2.67 bits per heavy atom. The number of hydrogen-bond acceptors (Lipinski definition) is 2. The zero-order valence-electron chi connectivity index (χ0n) is 10.6. The summed E-state index contributed by atoms with van der Waals surface area (Å²) in [7, 11) is 0. The van der Waals surface area contributed by atoms with Crippen LogP contribution in [0.5, 0.6) is 0 Å². The molecule has 0 radical (unpaired) electrons. The molecule has 0 bridgehead atoms. The van der Waals surface area contributed by atoms with Crippen LogP contribution in [0, 0.1) is 17.7 Å². The normalized spacial score (nSPS) is 16.3. The van der Waals surface area contributed by atoms with Gasteiger partial charge in [-0.3, -0.25) is 4.79 Å². The summed E-state index contributed by atoms with van der Waals surface area (Å²) < 4.78 is 12.7. The van der Waals surface area contributed by atoms with E-state index >= 15 is 0 Å².